The summed E-state index contributed by atoms with van der Waals surface area (Å²) in [5, 5.41) is 12.0. The van der Waals surface area contributed by atoms with E-state index in [4.69, 9.17) is 4.74 Å². The van der Waals surface area contributed by atoms with E-state index in [9.17, 15) is 14.9 Å². The van der Waals surface area contributed by atoms with Gasteiger partial charge in [-0.05, 0) is 62.7 Å². The van der Waals surface area contributed by atoms with Gasteiger partial charge in [-0.1, -0.05) is 6.42 Å². The van der Waals surface area contributed by atoms with E-state index in [0.29, 0.717) is 31.1 Å². The lowest BCUT2D eigenvalue weighted by Gasteiger charge is -2.22. The molecule has 5 heteroatoms. The normalized spacial score (nSPS) is 31.7. The maximum atomic E-state index is 11.9. The summed E-state index contributed by atoms with van der Waals surface area (Å²) in [4.78, 5) is 23.8. The Hall–Kier alpha value is -1.57. The molecular formula is C17H24N2O3. The molecule has 3 aliphatic rings. The van der Waals surface area contributed by atoms with Crippen molar-refractivity contribution in [1.82, 2.24) is 5.32 Å². The van der Waals surface area contributed by atoms with Gasteiger partial charge in [0.15, 0.2) is 6.61 Å². The second kappa shape index (κ2) is 6.28. The van der Waals surface area contributed by atoms with Crippen LogP contribution in [-0.4, -0.2) is 24.0 Å². The Morgan fingerprint density at radius 1 is 1.23 bits per heavy atom. The Labute approximate surface area is 131 Å². The van der Waals surface area contributed by atoms with Gasteiger partial charge in [0.2, 0.25) is 0 Å². The van der Waals surface area contributed by atoms with E-state index in [2.05, 4.69) is 11.4 Å². The Kier molecular flexibility index (Phi) is 4.37. The molecule has 0 aromatic heterocycles. The van der Waals surface area contributed by atoms with Crippen molar-refractivity contribution in [3.8, 4) is 6.07 Å². The molecule has 120 valence electrons. The number of esters is 1. The summed E-state index contributed by atoms with van der Waals surface area (Å²) in [5.41, 5.74) is -0.742. The maximum absolute atomic E-state index is 11.9. The average molecular weight is 304 g/mol. The Balaban J connectivity index is 1.39. The Bertz CT molecular complexity index is 491. The summed E-state index contributed by atoms with van der Waals surface area (Å²) in [6.07, 6.45) is 8.70. The van der Waals surface area contributed by atoms with Gasteiger partial charge in [-0.3, -0.25) is 9.59 Å². The molecule has 1 N–H and O–H groups in total. The lowest BCUT2D eigenvalue weighted by Crippen LogP contribution is -2.46. The monoisotopic (exact) mass is 304 g/mol. The third-order valence-corrected chi connectivity index (χ3v) is 5.73. The van der Waals surface area contributed by atoms with Crippen LogP contribution >= 0.6 is 0 Å². The average Bonchev–Trinajstić information content (AvgIpc) is 3.22. The molecule has 3 atom stereocenters. The fourth-order valence-electron chi connectivity index (χ4n) is 4.59. The van der Waals surface area contributed by atoms with E-state index in [1.807, 2.05) is 0 Å². The first kappa shape index (κ1) is 15.3. The van der Waals surface area contributed by atoms with Gasteiger partial charge in [0.05, 0.1) is 6.07 Å². The molecule has 3 aliphatic carbocycles. The third kappa shape index (κ3) is 3.26. The number of nitriles is 1. The number of hydrogen-bond acceptors (Lipinski definition) is 4. The van der Waals surface area contributed by atoms with Crippen LogP contribution in [0.3, 0.4) is 0 Å². The SMILES string of the molecule is N#CC1(NC(=O)COC(=O)C[C@@H]2C[C@@H]3CC[C@H]2C3)CCCC1. The van der Waals surface area contributed by atoms with Gasteiger partial charge in [0, 0.05) is 6.42 Å². The van der Waals surface area contributed by atoms with E-state index >= 15 is 0 Å². The Morgan fingerprint density at radius 3 is 2.59 bits per heavy atom. The lowest BCUT2D eigenvalue weighted by atomic mass is 9.86. The first-order valence-electron chi connectivity index (χ1n) is 8.48. The first-order valence-corrected chi connectivity index (χ1v) is 8.48. The van der Waals surface area contributed by atoms with Crippen LogP contribution in [-0.2, 0) is 14.3 Å². The Morgan fingerprint density at radius 2 is 2.00 bits per heavy atom. The molecule has 0 heterocycles. The minimum atomic E-state index is -0.742. The highest BCUT2D eigenvalue weighted by Crippen LogP contribution is 2.49. The van der Waals surface area contributed by atoms with Crippen LogP contribution in [0.1, 0.15) is 57.8 Å². The minimum Gasteiger partial charge on any atom is -0.456 e. The predicted molar refractivity (Wildman–Crippen MR) is 79.5 cm³/mol. The molecule has 22 heavy (non-hydrogen) atoms. The van der Waals surface area contributed by atoms with Gasteiger partial charge in [0.25, 0.3) is 5.91 Å². The largest absolute Gasteiger partial charge is 0.456 e. The molecule has 0 saturated heterocycles. The minimum absolute atomic E-state index is 0.261. The molecule has 3 saturated carbocycles. The van der Waals surface area contributed by atoms with Crippen LogP contribution in [0.15, 0.2) is 0 Å². The van der Waals surface area contributed by atoms with Crippen molar-refractivity contribution in [2.75, 3.05) is 6.61 Å². The second-order valence-corrected chi connectivity index (χ2v) is 7.25. The van der Waals surface area contributed by atoms with E-state index in [1.165, 1.54) is 19.3 Å². The molecule has 0 unspecified atom stereocenters. The van der Waals surface area contributed by atoms with E-state index < -0.39 is 5.54 Å². The zero-order valence-electron chi connectivity index (χ0n) is 13.0. The number of nitrogens with zero attached hydrogens (tertiary/aromatic N) is 1. The first-order chi connectivity index (χ1) is 10.6. The number of fused-ring (bicyclic) bond motifs is 2. The molecule has 5 nitrogen and oxygen atoms in total. The fourth-order valence-corrected chi connectivity index (χ4v) is 4.59. The van der Waals surface area contributed by atoms with Crippen LogP contribution in [0.2, 0.25) is 0 Å². The summed E-state index contributed by atoms with van der Waals surface area (Å²) in [5.74, 6) is 1.32. The predicted octanol–water partition coefficient (Wildman–Crippen LogP) is 2.31. The van der Waals surface area contributed by atoms with Gasteiger partial charge < -0.3 is 10.1 Å². The number of carbonyl (C=O) groups excluding carboxylic acids is 2. The van der Waals surface area contributed by atoms with Crippen molar-refractivity contribution in [3.63, 3.8) is 0 Å². The van der Waals surface area contributed by atoms with Crippen LogP contribution < -0.4 is 5.32 Å². The highest BCUT2D eigenvalue weighted by atomic mass is 16.5. The number of amides is 1. The number of ether oxygens (including phenoxy) is 1. The van der Waals surface area contributed by atoms with Crippen LogP contribution in [0.25, 0.3) is 0 Å². The molecule has 0 aromatic carbocycles. The van der Waals surface area contributed by atoms with E-state index in [0.717, 1.165) is 25.2 Å². The summed E-state index contributed by atoms with van der Waals surface area (Å²) < 4.78 is 5.11. The quantitative estimate of drug-likeness (QED) is 0.790. The standard InChI is InChI=1S/C17H24N2O3/c18-11-17(5-1-2-6-17)19-15(20)10-22-16(21)9-14-8-12-3-4-13(14)7-12/h12-14H,1-10H2,(H,19,20)/t12-,13+,14+/m1/s1. The smallest absolute Gasteiger partial charge is 0.306 e. The van der Waals surface area contributed by atoms with E-state index in [-0.39, 0.29) is 18.5 Å². The van der Waals surface area contributed by atoms with Crippen molar-refractivity contribution < 1.29 is 14.3 Å². The second-order valence-electron chi connectivity index (χ2n) is 7.25. The van der Waals surface area contributed by atoms with Gasteiger partial charge in [-0.15, -0.1) is 0 Å². The van der Waals surface area contributed by atoms with Crippen LogP contribution in [0, 0.1) is 29.1 Å². The highest BCUT2D eigenvalue weighted by Gasteiger charge is 2.40. The fraction of sp³-hybridized carbons (Fsp3) is 0.824. The lowest BCUT2D eigenvalue weighted by molar-refractivity contribution is -0.150. The number of hydrogen-bond donors (Lipinski definition) is 1. The zero-order valence-corrected chi connectivity index (χ0v) is 13.0. The highest BCUT2D eigenvalue weighted by molar-refractivity contribution is 5.81. The van der Waals surface area contributed by atoms with Gasteiger partial charge >= 0.3 is 5.97 Å². The molecule has 2 bridgehead atoms. The maximum Gasteiger partial charge on any atom is 0.306 e. The summed E-state index contributed by atoms with van der Waals surface area (Å²) in [6.45, 7) is -0.261. The van der Waals surface area contributed by atoms with E-state index in [1.54, 1.807) is 0 Å². The molecule has 0 spiro atoms. The van der Waals surface area contributed by atoms with Crippen molar-refractivity contribution in [1.29, 1.82) is 5.26 Å². The molecule has 0 aliphatic heterocycles. The number of carbonyl (C=O) groups is 2. The number of rotatable bonds is 5. The summed E-state index contributed by atoms with van der Waals surface area (Å²) >= 11 is 0. The van der Waals surface area contributed by atoms with Gasteiger partial charge in [-0.2, -0.15) is 5.26 Å². The van der Waals surface area contributed by atoms with Crippen LogP contribution in [0.4, 0.5) is 0 Å². The van der Waals surface area contributed by atoms with Crippen molar-refractivity contribution in [3.05, 3.63) is 0 Å². The zero-order chi connectivity index (χ0) is 15.6. The van der Waals surface area contributed by atoms with Crippen LogP contribution in [0.5, 0.6) is 0 Å². The third-order valence-electron chi connectivity index (χ3n) is 5.73. The molecule has 3 fully saturated rings. The van der Waals surface area contributed by atoms with Crippen molar-refractivity contribution in [2.24, 2.45) is 17.8 Å². The number of nitrogens with one attached hydrogen (secondary N) is 1. The van der Waals surface area contributed by atoms with Crippen molar-refractivity contribution >= 4 is 11.9 Å². The summed E-state index contributed by atoms with van der Waals surface area (Å²) in [6, 6.07) is 2.20. The molecule has 0 aromatic rings. The molecule has 0 radical (unpaired) electrons. The van der Waals surface area contributed by atoms with Gasteiger partial charge in [-0.25, -0.2) is 0 Å². The molecule has 3 rings (SSSR count). The van der Waals surface area contributed by atoms with Gasteiger partial charge in [0.1, 0.15) is 5.54 Å². The van der Waals surface area contributed by atoms with Crippen molar-refractivity contribution in [2.45, 2.75) is 63.3 Å². The molecular weight excluding hydrogens is 280 g/mol. The summed E-state index contributed by atoms with van der Waals surface area (Å²) in [7, 11) is 0. The topological polar surface area (TPSA) is 79.2 Å². The molecule has 1 amide bonds.